The number of hydrogen-bond donors (Lipinski definition) is 1. The summed E-state index contributed by atoms with van der Waals surface area (Å²) >= 11 is 0. The van der Waals surface area contributed by atoms with Crippen molar-refractivity contribution >= 4 is 11.6 Å². The lowest BCUT2D eigenvalue weighted by atomic mass is 9.68. The number of anilines is 1. The van der Waals surface area contributed by atoms with E-state index in [2.05, 4.69) is 21.3 Å². The molecule has 2 fully saturated rings. The highest BCUT2D eigenvalue weighted by Crippen LogP contribution is 2.49. The first-order valence-electron chi connectivity index (χ1n) is 10.7. The van der Waals surface area contributed by atoms with Crippen molar-refractivity contribution < 1.29 is 13.9 Å². The average molecular weight is 396 g/mol. The number of amides is 1. The Morgan fingerprint density at radius 1 is 1.28 bits per heavy atom. The first kappa shape index (κ1) is 18.7. The Morgan fingerprint density at radius 3 is 2.83 bits per heavy atom. The number of carbonyl (C=O) groups is 1. The molecule has 5 rings (SSSR count). The van der Waals surface area contributed by atoms with Gasteiger partial charge in [-0.15, -0.1) is 0 Å². The lowest BCUT2D eigenvalue weighted by molar-refractivity contribution is -0.122. The van der Waals surface area contributed by atoms with Crippen molar-refractivity contribution in [1.29, 1.82) is 0 Å². The standard InChI is InChI=1S/C23H29N3O3/c1-15-14-29-21(24-15)16-4-3-11-26(13-16)17-7-9-23(10-8-17)19-12-18(28-2)5-6-20(19)25-22(23)27/h5-6,12,14,16-17H,3-4,7-11,13H2,1-2H3,(H,25,27)/t16-,17?,23?/m1/s1. The van der Waals surface area contributed by atoms with Gasteiger partial charge < -0.3 is 14.5 Å². The molecule has 0 radical (unpaired) electrons. The third-order valence-corrected chi connectivity index (χ3v) is 7.19. The second-order valence-corrected chi connectivity index (χ2v) is 8.84. The molecule has 6 heteroatoms. The molecule has 1 saturated carbocycles. The highest BCUT2D eigenvalue weighted by atomic mass is 16.5. The van der Waals surface area contributed by atoms with Crippen LogP contribution in [0.3, 0.4) is 0 Å². The van der Waals surface area contributed by atoms with E-state index < -0.39 is 5.41 Å². The van der Waals surface area contributed by atoms with Crippen molar-refractivity contribution in [3.63, 3.8) is 0 Å². The summed E-state index contributed by atoms with van der Waals surface area (Å²) in [5.74, 6) is 2.25. The molecule has 1 N–H and O–H groups in total. The Balaban J connectivity index is 1.30. The summed E-state index contributed by atoms with van der Waals surface area (Å²) in [7, 11) is 1.68. The van der Waals surface area contributed by atoms with Crippen LogP contribution in [0.25, 0.3) is 0 Å². The summed E-state index contributed by atoms with van der Waals surface area (Å²) in [5.41, 5.74) is 2.63. The highest BCUT2D eigenvalue weighted by molar-refractivity contribution is 6.06. The van der Waals surface area contributed by atoms with Gasteiger partial charge in [0.1, 0.15) is 12.0 Å². The quantitative estimate of drug-likeness (QED) is 0.851. The van der Waals surface area contributed by atoms with Gasteiger partial charge in [0.25, 0.3) is 0 Å². The molecule has 29 heavy (non-hydrogen) atoms. The van der Waals surface area contributed by atoms with Gasteiger partial charge in [0.2, 0.25) is 5.91 Å². The maximum atomic E-state index is 12.9. The zero-order valence-corrected chi connectivity index (χ0v) is 17.2. The van der Waals surface area contributed by atoms with E-state index in [0.717, 1.165) is 73.8 Å². The van der Waals surface area contributed by atoms with E-state index in [1.54, 1.807) is 13.4 Å². The van der Waals surface area contributed by atoms with E-state index in [4.69, 9.17) is 9.15 Å². The molecule has 1 aliphatic carbocycles. The van der Waals surface area contributed by atoms with Crippen LogP contribution in [-0.4, -0.2) is 42.0 Å². The monoisotopic (exact) mass is 395 g/mol. The van der Waals surface area contributed by atoms with Crippen LogP contribution in [0.4, 0.5) is 5.69 Å². The van der Waals surface area contributed by atoms with Gasteiger partial charge in [-0.3, -0.25) is 9.69 Å². The third-order valence-electron chi connectivity index (χ3n) is 7.19. The molecule has 6 nitrogen and oxygen atoms in total. The summed E-state index contributed by atoms with van der Waals surface area (Å²) in [6.45, 7) is 4.12. The number of ether oxygens (including phenoxy) is 1. The summed E-state index contributed by atoms with van der Waals surface area (Å²) < 4.78 is 11.1. The lowest BCUT2D eigenvalue weighted by Gasteiger charge is -2.43. The summed E-state index contributed by atoms with van der Waals surface area (Å²) in [5, 5.41) is 3.11. The molecule has 0 bridgehead atoms. The average Bonchev–Trinajstić information content (AvgIpc) is 3.30. The van der Waals surface area contributed by atoms with Crippen LogP contribution in [0.15, 0.2) is 28.9 Å². The molecule has 1 spiro atoms. The normalized spacial score (nSPS) is 29.7. The molecule has 154 valence electrons. The predicted octanol–water partition coefficient (Wildman–Crippen LogP) is 4.00. The number of likely N-dealkylation sites (tertiary alicyclic amines) is 1. The second-order valence-electron chi connectivity index (χ2n) is 8.84. The predicted molar refractivity (Wildman–Crippen MR) is 110 cm³/mol. The molecule has 3 heterocycles. The van der Waals surface area contributed by atoms with Crippen LogP contribution in [-0.2, 0) is 10.2 Å². The molecule has 2 aliphatic heterocycles. The van der Waals surface area contributed by atoms with Crippen molar-refractivity contribution in [2.45, 2.75) is 62.8 Å². The SMILES string of the molecule is COc1ccc2c(c1)C1(CCC(N3CCC[C@@H](c4nc(C)co4)C3)CC1)C(=O)N2. The Hall–Kier alpha value is -2.34. The fraction of sp³-hybridized carbons (Fsp3) is 0.565. The third kappa shape index (κ3) is 3.14. The molecule has 2 aromatic rings. The molecule has 1 atom stereocenters. The number of oxazole rings is 1. The molecule has 0 unspecified atom stereocenters. The Kier molecular flexibility index (Phi) is 4.62. The number of hydrogen-bond acceptors (Lipinski definition) is 5. The van der Waals surface area contributed by atoms with Crippen LogP contribution in [0, 0.1) is 6.92 Å². The van der Waals surface area contributed by atoms with E-state index in [-0.39, 0.29) is 5.91 Å². The Morgan fingerprint density at radius 2 is 2.10 bits per heavy atom. The highest BCUT2D eigenvalue weighted by Gasteiger charge is 2.49. The van der Waals surface area contributed by atoms with Gasteiger partial charge in [-0.1, -0.05) is 0 Å². The van der Waals surface area contributed by atoms with E-state index in [9.17, 15) is 4.79 Å². The summed E-state index contributed by atoms with van der Waals surface area (Å²) in [6, 6.07) is 6.47. The molecular weight excluding hydrogens is 366 g/mol. The van der Waals surface area contributed by atoms with Gasteiger partial charge >= 0.3 is 0 Å². The number of nitrogens with zero attached hydrogens (tertiary/aromatic N) is 2. The van der Waals surface area contributed by atoms with Gasteiger partial charge in [0, 0.05) is 24.2 Å². The smallest absolute Gasteiger partial charge is 0.235 e. The summed E-state index contributed by atoms with van der Waals surface area (Å²) in [6.07, 6.45) is 7.94. The number of fused-ring (bicyclic) bond motifs is 2. The van der Waals surface area contributed by atoms with Gasteiger partial charge in [0.15, 0.2) is 5.89 Å². The van der Waals surface area contributed by atoms with Crippen molar-refractivity contribution in [2.75, 3.05) is 25.5 Å². The van der Waals surface area contributed by atoms with Crippen LogP contribution < -0.4 is 10.1 Å². The van der Waals surface area contributed by atoms with Crippen LogP contribution in [0.5, 0.6) is 5.75 Å². The number of nitrogens with one attached hydrogen (secondary N) is 1. The fourth-order valence-electron chi connectivity index (χ4n) is 5.58. The van der Waals surface area contributed by atoms with Gasteiger partial charge in [0.05, 0.1) is 18.2 Å². The second kappa shape index (κ2) is 7.17. The van der Waals surface area contributed by atoms with Crippen molar-refractivity contribution in [3.8, 4) is 5.75 Å². The first-order chi connectivity index (χ1) is 14.1. The van der Waals surface area contributed by atoms with Crippen molar-refractivity contribution in [1.82, 2.24) is 9.88 Å². The largest absolute Gasteiger partial charge is 0.497 e. The van der Waals surface area contributed by atoms with Gasteiger partial charge in [-0.2, -0.15) is 0 Å². The fourth-order valence-corrected chi connectivity index (χ4v) is 5.58. The number of piperidine rings is 1. The van der Waals surface area contributed by atoms with E-state index in [1.807, 2.05) is 19.1 Å². The van der Waals surface area contributed by atoms with Crippen LogP contribution in [0.2, 0.25) is 0 Å². The van der Waals surface area contributed by atoms with Crippen molar-refractivity contribution in [3.05, 3.63) is 41.6 Å². The number of aryl methyl sites for hydroxylation is 1. The molecular formula is C23H29N3O3. The number of aromatic nitrogens is 1. The topological polar surface area (TPSA) is 67.6 Å². The Bertz CT molecular complexity index is 914. The Labute approximate surface area is 171 Å². The van der Waals surface area contributed by atoms with Gasteiger partial charge in [-0.25, -0.2) is 4.98 Å². The maximum absolute atomic E-state index is 12.9. The van der Waals surface area contributed by atoms with Gasteiger partial charge in [-0.05, 0) is 75.8 Å². The van der Waals surface area contributed by atoms with E-state index >= 15 is 0 Å². The number of methoxy groups -OCH3 is 1. The van der Waals surface area contributed by atoms with Crippen LogP contribution >= 0.6 is 0 Å². The molecule has 1 amide bonds. The maximum Gasteiger partial charge on any atom is 0.235 e. The van der Waals surface area contributed by atoms with Crippen LogP contribution in [0.1, 0.15) is 61.6 Å². The minimum absolute atomic E-state index is 0.158. The minimum Gasteiger partial charge on any atom is -0.497 e. The molecule has 1 aromatic heterocycles. The molecule has 1 aromatic carbocycles. The first-order valence-corrected chi connectivity index (χ1v) is 10.7. The van der Waals surface area contributed by atoms with E-state index in [0.29, 0.717) is 12.0 Å². The number of carbonyl (C=O) groups excluding carboxylic acids is 1. The number of benzene rings is 1. The lowest BCUT2D eigenvalue weighted by Crippen LogP contribution is -2.48. The summed E-state index contributed by atoms with van der Waals surface area (Å²) in [4.78, 5) is 20.1. The minimum atomic E-state index is -0.394. The molecule has 1 saturated heterocycles. The van der Waals surface area contributed by atoms with E-state index in [1.165, 1.54) is 6.42 Å². The zero-order valence-electron chi connectivity index (χ0n) is 17.2. The zero-order chi connectivity index (χ0) is 20.0. The number of rotatable bonds is 3. The van der Waals surface area contributed by atoms with Crippen molar-refractivity contribution in [2.24, 2.45) is 0 Å². The molecule has 3 aliphatic rings.